The Hall–Kier alpha value is -5.78. The zero-order valence-corrected chi connectivity index (χ0v) is 33.6. The van der Waals surface area contributed by atoms with Gasteiger partial charge in [-0.3, -0.25) is 24.0 Å². The van der Waals surface area contributed by atoms with Crippen molar-refractivity contribution in [3.63, 3.8) is 0 Å². The van der Waals surface area contributed by atoms with Crippen LogP contribution < -0.4 is 30.7 Å². The minimum absolute atomic E-state index is 0.0519. The molecule has 0 unspecified atom stereocenters. The molecule has 3 aromatic carbocycles. The second-order valence-electron chi connectivity index (χ2n) is 14.4. The number of carbonyl (C=O) groups excluding carboxylic acids is 6. The van der Waals surface area contributed by atoms with Gasteiger partial charge in [0.05, 0.1) is 13.2 Å². The van der Waals surface area contributed by atoms with E-state index in [1.807, 2.05) is 0 Å². The van der Waals surface area contributed by atoms with Crippen molar-refractivity contribution in [3.05, 3.63) is 94.5 Å². The molecule has 320 valence electrons. The predicted molar refractivity (Wildman–Crippen MR) is 204 cm³/mol. The molecule has 59 heavy (non-hydrogen) atoms. The highest BCUT2D eigenvalue weighted by molar-refractivity contribution is 6.30. The van der Waals surface area contributed by atoms with Crippen LogP contribution in [-0.4, -0.2) is 85.4 Å². The lowest BCUT2D eigenvalue weighted by Gasteiger charge is -2.28. The Morgan fingerprint density at radius 1 is 0.780 bits per heavy atom. The van der Waals surface area contributed by atoms with Crippen LogP contribution in [0.4, 0.5) is 22.0 Å². The lowest BCUT2D eigenvalue weighted by molar-refractivity contribution is -0.165. The first-order valence-corrected chi connectivity index (χ1v) is 18.3. The first-order valence-electron chi connectivity index (χ1n) is 17.9. The quantitative estimate of drug-likeness (QED) is 0.0752. The van der Waals surface area contributed by atoms with Gasteiger partial charge in [0.25, 0.3) is 11.8 Å². The van der Waals surface area contributed by atoms with Crippen LogP contribution in [0.5, 0.6) is 11.5 Å². The molecule has 0 spiro atoms. The van der Waals surface area contributed by atoms with Gasteiger partial charge in [0.2, 0.25) is 17.6 Å². The van der Waals surface area contributed by atoms with E-state index in [2.05, 4.69) is 16.0 Å². The number of ether oxygens (including phenoxy) is 3. The van der Waals surface area contributed by atoms with E-state index in [-0.39, 0.29) is 23.3 Å². The summed E-state index contributed by atoms with van der Waals surface area (Å²) >= 11 is 6.17. The third-order valence-electron chi connectivity index (χ3n) is 8.13. The van der Waals surface area contributed by atoms with Gasteiger partial charge in [0.1, 0.15) is 35.7 Å². The number of rotatable bonds is 18. The molecule has 0 aliphatic rings. The fourth-order valence-electron chi connectivity index (χ4n) is 5.28. The normalized spacial score (nSPS) is 13.3. The molecule has 0 heterocycles. The number of methoxy groups -OCH3 is 1. The van der Waals surface area contributed by atoms with Gasteiger partial charge in [-0.2, -0.15) is 22.0 Å². The van der Waals surface area contributed by atoms with E-state index in [0.29, 0.717) is 16.3 Å². The van der Waals surface area contributed by atoms with Crippen LogP contribution in [0.1, 0.15) is 62.1 Å². The maximum absolute atomic E-state index is 15.0. The predicted octanol–water partition coefficient (Wildman–Crippen LogP) is 5.29. The van der Waals surface area contributed by atoms with Crippen molar-refractivity contribution in [2.75, 3.05) is 20.3 Å². The molecule has 4 N–H and O–H groups in total. The molecular formula is C40H44ClF5N4O9. The van der Waals surface area contributed by atoms with Crippen LogP contribution in [0.2, 0.25) is 5.02 Å². The number of hydrogen-bond donors (Lipinski definition) is 4. The molecule has 0 saturated heterocycles. The number of carbonyl (C=O) groups is 6. The van der Waals surface area contributed by atoms with Gasteiger partial charge < -0.3 is 35.5 Å². The van der Waals surface area contributed by atoms with Crippen molar-refractivity contribution >= 4 is 47.0 Å². The monoisotopic (exact) mass is 854 g/mol. The number of hydrogen-bond acceptors (Lipinski definition) is 9. The highest BCUT2D eigenvalue weighted by atomic mass is 35.5. The maximum atomic E-state index is 15.0. The molecule has 4 amide bonds. The average molecular weight is 855 g/mol. The van der Waals surface area contributed by atoms with Crippen molar-refractivity contribution < 1.29 is 64.9 Å². The number of halogens is 6. The van der Waals surface area contributed by atoms with E-state index in [0.717, 1.165) is 5.32 Å². The number of ketones is 1. The summed E-state index contributed by atoms with van der Waals surface area (Å²) in [7, 11) is 1.36. The van der Waals surface area contributed by atoms with Gasteiger partial charge in [0.15, 0.2) is 6.61 Å². The standard InChI is InChI=1S/C40H44ClF5N4O9/c1-22(2)31(33(52)40(45,46)37(56)47-21-39(42,43)44)49-36(55)32(24-10-14-27(57-6)15-11-24)50-35(54)29(19-23-8-7-9-26(41)18-23)48-34(53)25-12-16-28(17-13-25)58-20-30(51)59-38(3,4)5/h7-18,22,29,31-32H,19-21H2,1-6H3,(H,47,56)(H,48,53)(H,49,55)(H,50,54)/t29-,31-,32-/m0/s1. The summed E-state index contributed by atoms with van der Waals surface area (Å²) in [6.45, 7) is 5.03. The zero-order chi connectivity index (χ0) is 44.3. The molecule has 3 rings (SSSR count). The Kier molecular flexibility index (Phi) is 16.3. The van der Waals surface area contributed by atoms with Crippen molar-refractivity contribution in [1.29, 1.82) is 0 Å². The molecular weight excluding hydrogens is 811 g/mol. The highest BCUT2D eigenvalue weighted by Crippen LogP contribution is 2.24. The number of benzene rings is 3. The van der Waals surface area contributed by atoms with E-state index in [9.17, 15) is 50.7 Å². The molecule has 3 aromatic rings. The molecule has 0 saturated carbocycles. The molecule has 0 aromatic heterocycles. The third kappa shape index (κ3) is 14.8. The summed E-state index contributed by atoms with van der Waals surface area (Å²) < 4.78 is 83.6. The number of Topliss-reactive ketones (excluding diaryl/α,β-unsaturated/α-hetero) is 1. The molecule has 19 heteroatoms. The first kappa shape index (κ1) is 47.6. The van der Waals surface area contributed by atoms with Crippen LogP contribution in [0.15, 0.2) is 72.8 Å². The van der Waals surface area contributed by atoms with Crippen LogP contribution in [0.25, 0.3) is 0 Å². The summed E-state index contributed by atoms with van der Waals surface area (Å²) in [6, 6.07) is 12.1. The topological polar surface area (TPSA) is 178 Å². The summed E-state index contributed by atoms with van der Waals surface area (Å²) in [6.07, 6.45) is -5.24. The van der Waals surface area contributed by atoms with E-state index in [1.54, 1.807) is 39.0 Å². The summed E-state index contributed by atoms with van der Waals surface area (Å²) in [5.74, 6) is -13.9. The van der Waals surface area contributed by atoms with Crippen molar-refractivity contribution in [2.45, 2.75) is 76.9 Å². The Morgan fingerprint density at radius 2 is 1.39 bits per heavy atom. The van der Waals surface area contributed by atoms with Crippen molar-refractivity contribution in [3.8, 4) is 11.5 Å². The Balaban J connectivity index is 1.92. The number of esters is 1. The smallest absolute Gasteiger partial charge is 0.405 e. The van der Waals surface area contributed by atoms with Crippen molar-refractivity contribution in [2.24, 2.45) is 5.92 Å². The second kappa shape index (κ2) is 20.3. The second-order valence-corrected chi connectivity index (χ2v) is 14.9. The summed E-state index contributed by atoms with van der Waals surface area (Å²) in [5.41, 5.74) is -0.144. The Morgan fingerprint density at radius 3 is 1.93 bits per heavy atom. The minimum Gasteiger partial charge on any atom is -0.497 e. The lowest BCUT2D eigenvalue weighted by Crippen LogP contribution is -2.58. The summed E-state index contributed by atoms with van der Waals surface area (Å²) in [4.78, 5) is 78.7. The molecule has 0 fully saturated rings. The van der Waals surface area contributed by atoms with Crippen molar-refractivity contribution in [1.82, 2.24) is 21.3 Å². The van der Waals surface area contributed by atoms with Crippen LogP contribution >= 0.6 is 11.6 Å². The third-order valence-corrected chi connectivity index (χ3v) is 8.37. The number of alkyl halides is 5. The van der Waals surface area contributed by atoms with Gasteiger partial charge in [-0.05, 0) is 86.3 Å². The van der Waals surface area contributed by atoms with E-state index in [1.165, 1.54) is 75.6 Å². The van der Waals surface area contributed by atoms with Crippen LogP contribution in [-0.2, 0) is 35.1 Å². The van der Waals surface area contributed by atoms with Crippen LogP contribution in [0.3, 0.4) is 0 Å². The zero-order valence-electron chi connectivity index (χ0n) is 32.8. The molecule has 0 bridgehead atoms. The van der Waals surface area contributed by atoms with Gasteiger partial charge in [0, 0.05) is 17.0 Å². The Bertz CT molecular complexity index is 1970. The Labute approximate surface area is 341 Å². The first-order chi connectivity index (χ1) is 27.4. The maximum Gasteiger partial charge on any atom is 0.405 e. The highest BCUT2D eigenvalue weighted by Gasteiger charge is 2.52. The van der Waals surface area contributed by atoms with Gasteiger partial charge in [-0.25, -0.2) is 4.79 Å². The fraction of sp³-hybridized carbons (Fsp3) is 0.400. The molecule has 0 aliphatic carbocycles. The largest absolute Gasteiger partial charge is 0.497 e. The van der Waals surface area contributed by atoms with Gasteiger partial charge in [-0.1, -0.05) is 49.7 Å². The van der Waals surface area contributed by atoms with Gasteiger partial charge in [-0.15, -0.1) is 0 Å². The SMILES string of the molecule is COc1ccc([C@H](NC(=O)[C@H](Cc2cccc(Cl)c2)NC(=O)c2ccc(OCC(=O)OC(C)(C)C)cc2)C(=O)N[C@H](C(=O)C(F)(F)C(=O)NCC(F)(F)F)C(C)C)cc1. The van der Waals surface area contributed by atoms with E-state index >= 15 is 0 Å². The lowest BCUT2D eigenvalue weighted by atomic mass is 9.94. The fourth-order valence-corrected chi connectivity index (χ4v) is 5.49. The average Bonchev–Trinajstić information content (AvgIpc) is 3.15. The minimum atomic E-state index is -5.06. The van der Waals surface area contributed by atoms with E-state index in [4.69, 9.17) is 25.8 Å². The van der Waals surface area contributed by atoms with Crippen LogP contribution in [0, 0.1) is 5.92 Å². The molecule has 0 radical (unpaired) electrons. The number of nitrogens with one attached hydrogen (secondary N) is 4. The molecule has 3 atom stereocenters. The van der Waals surface area contributed by atoms with E-state index < -0.39 is 90.3 Å². The summed E-state index contributed by atoms with van der Waals surface area (Å²) in [5, 5.41) is 8.49. The molecule has 13 nitrogen and oxygen atoms in total. The number of amides is 4. The van der Waals surface area contributed by atoms with Gasteiger partial charge >= 0.3 is 18.1 Å². The molecule has 0 aliphatic heterocycles.